The van der Waals surface area contributed by atoms with Crippen molar-refractivity contribution in [1.82, 2.24) is 9.88 Å². The number of aromatic nitrogens is 1. The monoisotopic (exact) mass is 388 g/mol. The van der Waals surface area contributed by atoms with Crippen molar-refractivity contribution in [3.63, 3.8) is 0 Å². The highest BCUT2D eigenvalue weighted by atomic mass is 19.1. The molecule has 0 aliphatic carbocycles. The molecule has 4 aromatic rings. The number of furan rings is 1. The fourth-order valence-electron chi connectivity index (χ4n) is 4.33. The molecule has 5 rings (SSSR count). The van der Waals surface area contributed by atoms with Crippen LogP contribution in [0.15, 0.2) is 65.2 Å². The number of rotatable bonds is 3. The molecule has 3 heterocycles. The van der Waals surface area contributed by atoms with E-state index in [1.54, 1.807) is 12.3 Å². The summed E-state index contributed by atoms with van der Waals surface area (Å²) in [4.78, 5) is 19.8. The Kier molecular flexibility index (Phi) is 4.51. The molecule has 0 unspecified atom stereocenters. The highest BCUT2D eigenvalue weighted by Gasteiger charge is 2.29. The molecule has 4 nitrogen and oxygen atoms in total. The summed E-state index contributed by atoms with van der Waals surface area (Å²) in [6, 6.07) is 16.0. The molecule has 1 aliphatic heterocycles. The molecular formula is C24H21FN2O2. The summed E-state index contributed by atoms with van der Waals surface area (Å²) >= 11 is 0. The summed E-state index contributed by atoms with van der Waals surface area (Å²) in [7, 11) is 0. The predicted octanol–water partition coefficient (Wildman–Crippen LogP) is 5.36. The van der Waals surface area contributed by atoms with E-state index in [4.69, 9.17) is 4.42 Å². The molecule has 0 spiro atoms. The Balaban J connectivity index is 1.45. The van der Waals surface area contributed by atoms with E-state index in [-0.39, 0.29) is 17.8 Å². The van der Waals surface area contributed by atoms with Crippen LogP contribution in [0.5, 0.6) is 0 Å². The number of amides is 1. The Morgan fingerprint density at radius 3 is 3.00 bits per heavy atom. The number of carbonyl (C=O) groups excluding carboxylic acids is 1. The van der Waals surface area contributed by atoms with E-state index in [1.165, 1.54) is 12.1 Å². The number of nitrogens with zero attached hydrogens (tertiary/aromatic N) is 2. The lowest BCUT2D eigenvalue weighted by Gasteiger charge is -2.35. The van der Waals surface area contributed by atoms with Crippen molar-refractivity contribution in [3.05, 3.63) is 77.9 Å². The molecule has 1 aliphatic rings. The summed E-state index contributed by atoms with van der Waals surface area (Å²) in [6.07, 6.45) is 5.38. The minimum absolute atomic E-state index is 0.0375. The first-order valence-electron chi connectivity index (χ1n) is 10.0. The van der Waals surface area contributed by atoms with Gasteiger partial charge in [0.25, 0.3) is 5.91 Å². The van der Waals surface area contributed by atoms with Crippen LogP contribution in [0, 0.1) is 5.82 Å². The first-order valence-corrected chi connectivity index (χ1v) is 10.0. The quantitative estimate of drug-likeness (QED) is 0.475. The first kappa shape index (κ1) is 17.9. The highest BCUT2D eigenvalue weighted by molar-refractivity contribution is 6.06. The third-order valence-electron chi connectivity index (χ3n) is 5.73. The van der Waals surface area contributed by atoms with Crippen LogP contribution in [0.3, 0.4) is 0 Å². The van der Waals surface area contributed by atoms with Crippen molar-refractivity contribution in [2.24, 2.45) is 0 Å². The van der Waals surface area contributed by atoms with Crippen molar-refractivity contribution in [1.29, 1.82) is 0 Å². The molecule has 1 saturated heterocycles. The maximum atomic E-state index is 13.5. The maximum Gasteiger partial charge on any atom is 0.254 e. The zero-order chi connectivity index (χ0) is 19.8. The molecule has 146 valence electrons. The van der Waals surface area contributed by atoms with Crippen LogP contribution >= 0.6 is 0 Å². The van der Waals surface area contributed by atoms with Gasteiger partial charge in [-0.1, -0.05) is 12.1 Å². The predicted molar refractivity (Wildman–Crippen MR) is 110 cm³/mol. The number of hydrogen-bond acceptors (Lipinski definition) is 3. The number of hydrogen-bond donors (Lipinski definition) is 0. The Morgan fingerprint density at radius 2 is 2.07 bits per heavy atom. The summed E-state index contributed by atoms with van der Waals surface area (Å²) in [5.74, 6) is 0.550. The molecular weight excluding hydrogens is 367 g/mol. The number of carbonyl (C=O) groups is 1. The minimum atomic E-state index is -0.274. The number of pyridine rings is 1. The molecule has 2 aromatic heterocycles. The molecule has 1 atom stereocenters. The van der Waals surface area contributed by atoms with Gasteiger partial charge in [-0.05, 0) is 61.7 Å². The number of piperidine rings is 1. The molecule has 5 heteroatoms. The van der Waals surface area contributed by atoms with Crippen LogP contribution in [0.2, 0.25) is 0 Å². The summed E-state index contributed by atoms with van der Waals surface area (Å²) < 4.78 is 19.4. The third kappa shape index (κ3) is 3.37. The van der Waals surface area contributed by atoms with Crippen LogP contribution < -0.4 is 0 Å². The smallest absolute Gasteiger partial charge is 0.254 e. The van der Waals surface area contributed by atoms with E-state index < -0.39 is 0 Å². The largest absolute Gasteiger partial charge is 0.461 e. The average molecular weight is 388 g/mol. The molecule has 0 N–H and O–H groups in total. The Labute approximate surface area is 168 Å². The summed E-state index contributed by atoms with van der Waals surface area (Å²) in [6.45, 7) is 0.731. The van der Waals surface area contributed by atoms with Gasteiger partial charge in [-0.15, -0.1) is 0 Å². The lowest BCUT2D eigenvalue weighted by atomic mass is 9.96. The maximum absolute atomic E-state index is 13.5. The fourth-order valence-corrected chi connectivity index (χ4v) is 4.33. The van der Waals surface area contributed by atoms with Crippen LogP contribution in [0.4, 0.5) is 4.39 Å². The Morgan fingerprint density at radius 1 is 1.14 bits per heavy atom. The van der Waals surface area contributed by atoms with E-state index in [0.717, 1.165) is 47.9 Å². The normalized spacial score (nSPS) is 17.1. The van der Waals surface area contributed by atoms with Crippen LogP contribution in [0.25, 0.3) is 21.9 Å². The molecule has 1 amide bonds. The van der Waals surface area contributed by atoms with E-state index in [0.29, 0.717) is 17.6 Å². The average Bonchev–Trinajstić information content (AvgIpc) is 3.14. The van der Waals surface area contributed by atoms with E-state index in [1.807, 2.05) is 41.3 Å². The van der Waals surface area contributed by atoms with Gasteiger partial charge in [0.1, 0.15) is 17.2 Å². The summed E-state index contributed by atoms with van der Waals surface area (Å²) in [5, 5.41) is 1.64. The minimum Gasteiger partial charge on any atom is -0.461 e. The van der Waals surface area contributed by atoms with Gasteiger partial charge in [-0.25, -0.2) is 4.39 Å². The van der Waals surface area contributed by atoms with Gasteiger partial charge >= 0.3 is 0 Å². The Hall–Kier alpha value is -3.21. The van der Waals surface area contributed by atoms with Gasteiger partial charge in [0.05, 0.1) is 5.52 Å². The van der Waals surface area contributed by atoms with E-state index in [2.05, 4.69) is 4.98 Å². The van der Waals surface area contributed by atoms with Crippen molar-refractivity contribution in [2.45, 2.75) is 31.7 Å². The van der Waals surface area contributed by atoms with Gasteiger partial charge in [-0.2, -0.15) is 0 Å². The Bertz CT molecular complexity index is 1190. The van der Waals surface area contributed by atoms with Crippen LogP contribution in [-0.2, 0) is 6.42 Å². The first-order chi connectivity index (χ1) is 14.2. The molecule has 0 bridgehead atoms. The lowest BCUT2D eigenvalue weighted by Crippen LogP contribution is -2.44. The SMILES string of the molecule is O=C(c1cccc2ncccc12)N1CCCC[C@H]1Cc1cc2cc(F)ccc2o1. The zero-order valence-corrected chi connectivity index (χ0v) is 16.0. The van der Waals surface area contributed by atoms with E-state index >= 15 is 0 Å². The molecule has 2 aromatic carbocycles. The van der Waals surface area contributed by atoms with Gasteiger partial charge in [0, 0.05) is 41.5 Å². The van der Waals surface area contributed by atoms with E-state index in [9.17, 15) is 9.18 Å². The van der Waals surface area contributed by atoms with Gasteiger partial charge < -0.3 is 9.32 Å². The second-order valence-electron chi connectivity index (χ2n) is 7.62. The van der Waals surface area contributed by atoms with Gasteiger partial charge in [0.15, 0.2) is 0 Å². The van der Waals surface area contributed by atoms with Crippen LogP contribution in [0.1, 0.15) is 35.4 Å². The number of benzene rings is 2. The molecule has 29 heavy (non-hydrogen) atoms. The van der Waals surface area contributed by atoms with Crippen molar-refractivity contribution >= 4 is 27.8 Å². The molecule has 0 radical (unpaired) electrons. The number of fused-ring (bicyclic) bond motifs is 2. The number of halogens is 1. The molecule has 0 saturated carbocycles. The summed E-state index contributed by atoms with van der Waals surface area (Å²) in [5.41, 5.74) is 2.19. The zero-order valence-electron chi connectivity index (χ0n) is 16.0. The highest BCUT2D eigenvalue weighted by Crippen LogP contribution is 2.28. The van der Waals surface area contributed by atoms with Gasteiger partial charge in [-0.3, -0.25) is 9.78 Å². The van der Waals surface area contributed by atoms with Crippen molar-refractivity contribution in [3.8, 4) is 0 Å². The van der Waals surface area contributed by atoms with Crippen molar-refractivity contribution in [2.75, 3.05) is 6.54 Å². The second-order valence-corrected chi connectivity index (χ2v) is 7.62. The lowest BCUT2D eigenvalue weighted by molar-refractivity contribution is 0.0610. The second kappa shape index (κ2) is 7.32. The van der Waals surface area contributed by atoms with Crippen molar-refractivity contribution < 1.29 is 13.6 Å². The fraction of sp³-hybridized carbons (Fsp3) is 0.250. The molecule has 1 fully saturated rings. The standard InChI is InChI=1S/C24H21FN2O2/c25-17-9-10-23-16(13-17)14-19(29-23)15-18-5-1-2-12-27(18)24(28)21-6-3-8-22-20(21)7-4-11-26-22/h3-4,6-11,13-14,18H,1-2,5,12,15H2/t18-/m0/s1. The topological polar surface area (TPSA) is 46.3 Å². The third-order valence-corrected chi connectivity index (χ3v) is 5.73. The van der Waals surface area contributed by atoms with Gasteiger partial charge in [0.2, 0.25) is 0 Å². The number of likely N-dealkylation sites (tertiary alicyclic amines) is 1. The van der Waals surface area contributed by atoms with Crippen LogP contribution in [-0.4, -0.2) is 28.4 Å².